The largest absolute Gasteiger partial charge is 0.461 e. The van der Waals surface area contributed by atoms with E-state index in [4.69, 9.17) is 14.7 Å². The fraction of sp³-hybridized carbons (Fsp3) is 0.250. The molecule has 1 aromatic heterocycles. The smallest absolute Gasteiger partial charge is 0.356 e. The highest BCUT2D eigenvalue weighted by Gasteiger charge is 2.18. The topological polar surface area (TPSA) is 64.2 Å². The first kappa shape index (κ1) is 14.8. The first-order valence-electron chi connectivity index (χ1n) is 6.64. The van der Waals surface area contributed by atoms with Gasteiger partial charge in [0.05, 0.1) is 18.8 Å². The summed E-state index contributed by atoms with van der Waals surface area (Å²) in [5.74, 6) is -0.512. The Labute approximate surface area is 123 Å². The van der Waals surface area contributed by atoms with Crippen molar-refractivity contribution in [2.24, 2.45) is 0 Å². The van der Waals surface area contributed by atoms with E-state index in [2.05, 4.69) is 0 Å². The molecule has 0 amide bonds. The Balaban J connectivity index is 2.05. The van der Waals surface area contributed by atoms with Crippen molar-refractivity contribution in [1.29, 1.82) is 5.26 Å². The van der Waals surface area contributed by atoms with Crippen molar-refractivity contribution in [3.8, 4) is 6.07 Å². The summed E-state index contributed by atoms with van der Waals surface area (Å²) in [6, 6.07) is 13.3. The van der Waals surface area contributed by atoms with Gasteiger partial charge >= 0.3 is 5.97 Å². The maximum atomic E-state index is 11.9. The molecule has 108 valence electrons. The number of hydrogen-bond acceptors (Lipinski definition) is 4. The minimum absolute atomic E-state index is 0.185. The predicted molar refractivity (Wildman–Crippen MR) is 76.3 cm³/mol. The molecule has 0 aliphatic carbocycles. The molecule has 0 N–H and O–H groups in total. The Morgan fingerprint density at radius 1 is 1.29 bits per heavy atom. The summed E-state index contributed by atoms with van der Waals surface area (Å²) in [6.07, 6.45) is 1.65. The molecule has 5 heteroatoms. The van der Waals surface area contributed by atoms with Crippen LogP contribution in [0.25, 0.3) is 0 Å². The van der Waals surface area contributed by atoms with E-state index in [-0.39, 0.29) is 24.6 Å². The zero-order valence-electron chi connectivity index (χ0n) is 11.8. The number of esters is 1. The van der Waals surface area contributed by atoms with E-state index in [0.717, 1.165) is 5.56 Å². The molecule has 5 nitrogen and oxygen atoms in total. The van der Waals surface area contributed by atoms with Crippen LogP contribution in [0, 0.1) is 11.3 Å². The molecule has 21 heavy (non-hydrogen) atoms. The molecule has 0 atom stereocenters. The van der Waals surface area contributed by atoms with Gasteiger partial charge in [-0.05, 0) is 18.6 Å². The average Bonchev–Trinajstić information content (AvgIpc) is 2.91. The van der Waals surface area contributed by atoms with Crippen LogP contribution in [-0.2, 0) is 22.8 Å². The van der Waals surface area contributed by atoms with Crippen LogP contribution in [0.4, 0.5) is 0 Å². The molecular weight excluding hydrogens is 268 g/mol. The maximum absolute atomic E-state index is 11.9. The van der Waals surface area contributed by atoms with Crippen LogP contribution in [0.1, 0.15) is 28.5 Å². The van der Waals surface area contributed by atoms with Gasteiger partial charge in [0.1, 0.15) is 18.5 Å². The van der Waals surface area contributed by atoms with Gasteiger partial charge < -0.3 is 14.0 Å². The third-order valence-electron chi connectivity index (χ3n) is 2.89. The van der Waals surface area contributed by atoms with E-state index in [1.807, 2.05) is 36.4 Å². The van der Waals surface area contributed by atoms with Crippen LogP contribution in [0.5, 0.6) is 0 Å². The van der Waals surface area contributed by atoms with Gasteiger partial charge in [0, 0.05) is 6.20 Å². The normalized spacial score (nSPS) is 10.1. The Kier molecular flexibility index (Phi) is 5.13. The number of carbonyl (C=O) groups is 1. The molecular formula is C16H16N2O3. The first-order valence-corrected chi connectivity index (χ1v) is 6.64. The van der Waals surface area contributed by atoms with Crippen LogP contribution in [-0.4, -0.2) is 17.1 Å². The molecule has 2 rings (SSSR count). The van der Waals surface area contributed by atoms with Crippen LogP contribution >= 0.6 is 0 Å². The average molecular weight is 284 g/mol. The Morgan fingerprint density at radius 2 is 2.05 bits per heavy atom. The van der Waals surface area contributed by atoms with Crippen molar-refractivity contribution >= 4 is 5.97 Å². The van der Waals surface area contributed by atoms with E-state index in [0.29, 0.717) is 6.61 Å². The van der Waals surface area contributed by atoms with Crippen LogP contribution in [0.15, 0.2) is 42.6 Å². The van der Waals surface area contributed by atoms with E-state index in [1.54, 1.807) is 23.8 Å². The van der Waals surface area contributed by atoms with E-state index in [9.17, 15) is 4.79 Å². The zero-order valence-corrected chi connectivity index (χ0v) is 11.8. The van der Waals surface area contributed by atoms with Crippen molar-refractivity contribution in [2.45, 2.75) is 20.3 Å². The first-order chi connectivity index (χ1) is 10.3. The molecule has 2 aromatic rings. The summed E-state index contributed by atoms with van der Waals surface area (Å²) in [7, 11) is 0. The van der Waals surface area contributed by atoms with Crippen molar-refractivity contribution in [1.82, 2.24) is 4.57 Å². The number of benzene rings is 1. The third kappa shape index (κ3) is 3.71. The van der Waals surface area contributed by atoms with Gasteiger partial charge in [-0.1, -0.05) is 30.3 Å². The SMILES string of the molecule is CCOC(=O)c1c(C#N)ccn1COCc1ccccc1. The standard InChI is InChI=1S/C16H16N2O3/c1-2-21-16(19)15-14(10-17)8-9-18(15)12-20-11-13-6-4-3-5-7-13/h3-9H,2,11-12H2,1H3. The lowest BCUT2D eigenvalue weighted by Gasteiger charge is -2.10. The molecule has 0 saturated carbocycles. The molecule has 0 aliphatic rings. The fourth-order valence-electron chi connectivity index (χ4n) is 1.93. The van der Waals surface area contributed by atoms with Crippen molar-refractivity contribution in [3.05, 3.63) is 59.4 Å². The molecule has 0 unspecified atom stereocenters. The monoisotopic (exact) mass is 284 g/mol. The Morgan fingerprint density at radius 3 is 2.71 bits per heavy atom. The van der Waals surface area contributed by atoms with Crippen molar-refractivity contribution in [3.63, 3.8) is 0 Å². The van der Waals surface area contributed by atoms with Gasteiger partial charge in [-0.2, -0.15) is 5.26 Å². The number of nitriles is 1. The zero-order chi connectivity index (χ0) is 15.1. The minimum atomic E-state index is -0.512. The molecule has 0 radical (unpaired) electrons. The van der Waals surface area contributed by atoms with Gasteiger partial charge in [0.2, 0.25) is 0 Å². The quantitative estimate of drug-likeness (QED) is 0.765. The van der Waals surface area contributed by atoms with Crippen molar-refractivity contribution < 1.29 is 14.3 Å². The summed E-state index contributed by atoms with van der Waals surface area (Å²) < 4.78 is 12.1. The lowest BCUT2D eigenvalue weighted by Crippen LogP contribution is -2.14. The second kappa shape index (κ2) is 7.27. The van der Waals surface area contributed by atoms with Gasteiger partial charge in [0.15, 0.2) is 0 Å². The molecule has 1 heterocycles. The summed E-state index contributed by atoms with van der Waals surface area (Å²) in [5, 5.41) is 9.04. The number of hydrogen-bond donors (Lipinski definition) is 0. The molecule has 0 fully saturated rings. The second-order valence-electron chi connectivity index (χ2n) is 4.34. The van der Waals surface area contributed by atoms with Crippen LogP contribution in [0.3, 0.4) is 0 Å². The lowest BCUT2D eigenvalue weighted by molar-refractivity contribution is 0.0435. The van der Waals surface area contributed by atoms with E-state index < -0.39 is 5.97 Å². The number of aromatic nitrogens is 1. The van der Waals surface area contributed by atoms with Gasteiger partial charge in [-0.15, -0.1) is 0 Å². The molecule has 0 aliphatic heterocycles. The molecule has 0 spiro atoms. The number of rotatable bonds is 6. The number of nitrogens with zero attached hydrogens (tertiary/aromatic N) is 2. The van der Waals surface area contributed by atoms with Crippen LogP contribution < -0.4 is 0 Å². The van der Waals surface area contributed by atoms with E-state index in [1.165, 1.54) is 0 Å². The highest BCUT2D eigenvalue weighted by Crippen LogP contribution is 2.13. The minimum Gasteiger partial charge on any atom is -0.461 e. The predicted octanol–water partition coefficient (Wildman–Crippen LogP) is 2.71. The number of ether oxygens (including phenoxy) is 2. The highest BCUT2D eigenvalue weighted by atomic mass is 16.5. The number of carbonyl (C=O) groups excluding carboxylic acids is 1. The molecule has 0 saturated heterocycles. The summed E-state index contributed by atoms with van der Waals surface area (Å²) in [5.41, 5.74) is 1.56. The Bertz CT molecular complexity index is 641. The van der Waals surface area contributed by atoms with Crippen LogP contribution in [0.2, 0.25) is 0 Å². The summed E-state index contributed by atoms with van der Waals surface area (Å²) >= 11 is 0. The van der Waals surface area contributed by atoms with Gasteiger partial charge in [-0.3, -0.25) is 0 Å². The van der Waals surface area contributed by atoms with Gasteiger partial charge in [0.25, 0.3) is 0 Å². The van der Waals surface area contributed by atoms with E-state index >= 15 is 0 Å². The maximum Gasteiger partial charge on any atom is 0.356 e. The molecule has 1 aromatic carbocycles. The third-order valence-corrected chi connectivity index (χ3v) is 2.89. The summed E-state index contributed by atoms with van der Waals surface area (Å²) in [6.45, 7) is 2.61. The Hall–Kier alpha value is -2.58. The fourth-order valence-corrected chi connectivity index (χ4v) is 1.93. The summed E-state index contributed by atoms with van der Waals surface area (Å²) in [4.78, 5) is 11.9. The highest BCUT2D eigenvalue weighted by molar-refractivity contribution is 5.90. The molecule has 0 bridgehead atoms. The van der Waals surface area contributed by atoms with Crippen molar-refractivity contribution in [2.75, 3.05) is 6.61 Å². The lowest BCUT2D eigenvalue weighted by atomic mass is 10.2. The van der Waals surface area contributed by atoms with Gasteiger partial charge in [-0.25, -0.2) is 4.79 Å². The second-order valence-corrected chi connectivity index (χ2v) is 4.34.